The monoisotopic (exact) mass is 288 g/mol. The normalized spacial score (nSPS) is 24.9. The highest BCUT2D eigenvalue weighted by Crippen LogP contribution is 2.43. The lowest BCUT2D eigenvalue weighted by Gasteiger charge is -2.38. The average molecular weight is 288 g/mol. The third kappa shape index (κ3) is 3.69. The Bertz CT molecular complexity index is 487. The average Bonchev–Trinajstić information content (AvgIpc) is 2.41. The number of aryl methyl sites for hydroxylation is 3. The summed E-state index contributed by atoms with van der Waals surface area (Å²) in [6.45, 7) is 13.5. The zero-order chi connectivity index (χ0) is 15.8. The molecule has 1 aliphatic rings. The lowest BCUT2D eigenvalue weighted by molar-refractivity contribution is 0.0524. The van der Waals surface area contributed by atoms with Gasteiger partial charge in [-0.25, -0.2) is 0 Å². The van der Waals surface area contributed by atoms with E-state index in [1.54, 1.807) is 0 Å². The molecule has 0 bridgehead atoms. The van der Waals surface area contributed by atoms with Crippen molar-refractivity contribution in [1.29, 1.82) is 0 Å². The first-order chi connectivity index (χ1) is 9.70. The number of aliphatic hydroxyl groups is 1. The summed E-state index contributed by atoms with van der Waals surface area (Å²) >= 11 is 0. The highest BCUT2D eigenvalue weighted by molar-refractivity contribution is 5.37. The second-order valence-corrected chi connectivity index (χ2v) is 8.22. The SMILES string of the molecule is Cc1cc(C)c(C(O)C2CCC(C(C)(C)C)CC2)cc1C. The van der Waals surface area contributed by atoms with Crippen molar-refractivity contribution in [2.75, 3.05) is 0 Å². The Morgan fingerprint density at radius 3 is 1.95 bits per heavy atom. The van der Waals surface area contributed by atoms with Crippen LogP contribution in [-0.2, 0) is 0 Å². The van der Waals surface area contributed by atoms with Crippen LogP contribution in [0, 0.1) is 38.0 Å². The van der Waals surface area contributed by atoms with Crippen molar-refractivity contribution in [2.24, 2.45) is 17.3 Å². The molecule has 1 nitrogen and oxygen atoms in total. The van der Waals surface area contributed by atoms with Crippen molar-refractivity contribution in [2.45, 2.75) is 73.3 Å². The van der Waals surface area contributed by atoms with Crippen molar-refractivity contribution < 1.29 is 5.11 Å². The van der Waals surface area contributed by atoms with Crippen LogP contribution in [0.25, 0.3) is 0 Å². The molecule has 21 heavy (non-hydrogen) atoms. The lowest BCUT2D eigenvalue weighted by atomic mass is 9.68. The van der Waals surface area contributed by atoms with Crippen LogP contribution in [0.3, 0.4) is 0 Å². The second-order valence-electron chi connectivity index (χ2n) is 8.22. The first-order valence-electron chi connectivity index (χ1n) is 8.46. The molecule has 118 valence electrons. The molecule has 2 rings (SSSR count). The smallest absolute Gasteiger partial charge is 0.0820 e. The van der Waals surface area contributed by atoms with Crippen molar-refractivity contribution in [1.82, 2.24) is 0 Å². The maximum Gasteiger partial charge on any atom is 0.0820 e. The van der Waals surface area contributed by atoms with Gasteiger partial charge < -0.3 is 5.11 Å². The van der Waals surface area contributed by atoms with Crippen LogP contribution in [0.4, 0.5) is 0 Å². The van der Waals surface area contributed by atoms with E-state index in [4.69, 9.17) is 0 Å². The zero-order valence-corrected chi connectivity index (χ0v) is 14.7. The molecular weight excluding hydrogens is 256 g/mol. The minimum Gasteiger partial charge on any atom is -0.388 e. The molecule has 0 heterocycles. The molecule has 1 aromatic carbocycles. The molecular formula is C20H32O. The third-order valence-corrected chi connectivity index (χ3v) is 5.64. The molecule has 0 amide bonds. The molecule has 1 heteroatoms. The number of rotatable bonds is 2. The maximum absolute atomic E-state index is 10.8. The van der Waals surface area contributed by atoms with E-state index in [9.17, 15) is 5.11 Å². The number of hydrogen-bond acceptors (Lipinski definition) is 1. The van der Waals surface area contributed by atoms with Gasteiger partial charge in [-0.2, -0.15) is 0 Å². The molecule has 0 aromatic heterocycles. The van der Waals surface area contributed by atoms with E-state index in [-0.39, 0.29) is 6.10 Å². The zero-order valence-electron chi connectivity index (χ0n) is 14.7. The predicted octanol–water partition coefficient (Wildman–Crippen LogP) is 5.50. The van der Waals surface area contributed by atoms with Gasteiger partial charge in [-0.05, 0) is 86.0 Å². The molecule has 1 N–H and O–H groups in total. The van der Waals surface area contributed by atoms with Gasteiger partial charge in [0.25, 0.3) is 0 Å². The molecule has 1 aromatic rings. The van der Waals surface area contributed by atoms with Crippen LogP contribution in [0.15, 0.2) is 12.1 Å². The summed E-state index contributed by atoms with van der Waals surface area (Å²) in [5.74, 6) is 1.24. The molecule has 1 unspecified atom stereocenters. The van der Waals surface area contributed by atoms with Gasteiger partial charge in [0.2, 0.25) is 0 Å². The first kappa shape index (κ1) is 16.5. The van der Waals surface area contributed by atoms with E-state index >= 15 is 0 Å². The maximum atomic E-state index is 10.8. The molecule has 0 spiro atoms. The summed E-state index contributed by atoms with van der Waals surface area (Å²) in [6, 6.07) is 4.42. The molecule has 0 aliphatic heterocycles. The fraction of sp³-hybridized carbons (Fsp3) is 0.700. The Morgan fingerprint density at radius 1 is 0.905 bits per heavy atom. The van der Waals surface area contributed by atoms with Crippen molar-refractivity contribution in [3.8, 4) is 0 Å². The van der Waals surface area contributed by atoms with Crippen molar-refractivity contribution in [3.63, 3.8) is 0 Å². The number of benzene rings is 1. The quantitative estimate of drug-likeness (QED) is 0.762. The standard InChI is InChI=1S/C20H32O/c1-13-11-15(3)18(12-14(13)2)19(21)16-7-9-17(10-8-16)20(4,5)6/h11-12,16-17,19,21H,7-10H2,1-6H3. The van der Waals surface area contributed by atoms with Crippen LogP contribution in [-0.4, -0.2) is 5.11 Å². The highest BCUT2D eigenvalue weighted by atomic mass is 16.3. The highest BCUT2D eigenvalue weighted by Gasteiger charge is 2.33. The lowest BCUT2D eigenvalue weighted by Crippen LogP contribution is -2.28. The largest absolute Gasteiger partial charge is 0.388 e. The van der Waals surface area contributed by atoms with E-state index in [1.165, 1.54) is 29.5 Å². The van der Waals surface area contributed by atoms with Gasteiger partial charge in [-0.3, -0.25) is 0 Å². The minimum absolute atomic E-state index is 0.287. The van der Waals surface area contributed by atoms with Crippen molar-refractivity contribution in [3.05, 3.63) is 34.4 Å². The molecule has 0 radical (unpaired) electrons. The summed E-state index contributed by atoms with van der Waals surface area (Å²) in [4.78, 5) is 0. The molecule has 1 atom stereocenters. The topological polar surface area (TPSA) is 20.2 Å². The summed E-state index contributed by atoms with van der Waals surface area (Å²) in [5, 5.41) is 10.8. The van der Waals surface area contributed by atoms with E-state index < -0.39 is 0 Å². The van der Waals surface area contributed by atoms with Crippen LogP contribution in [0.5, 0.6) is 0 Å². The molecule has 1 saturated carbocycles. The molecule has 1 aliphatic carbocycles. The van der Waals surface area contributed by atoms with Gasteiger partial charge in [0.1, 0.15) is 0 Å². The fourth-order valence-electron chi connectivity index (χ4n) is 3.86. The van der Waals surface area contributed by atoms with Gasteiger partial charge in [-0.15, -0.1) is 0 Å². The van der Waals surface area contributed by atoms with Gasteiger partial charge in [-0.1, -0.05) is 32.9 Å². The van der Waals surface area contributed by atoms with Gasteiger partial charge in [0.15, 0.2) is 0 Å². The van der Waals surface area contributed by atoms with Crippen LogP contribution >= 0.6 is 0 Å². The van der Waals surface area contributed by atoms with E-state index in [2.05, 4.69) is 53.7 Å². The Labute approximate surface area is 130 Å². The van der Waals surface area contributed by atoms with Crippen molar-refractivity contribution >= 4 is 0 Å². The molecule has 1 fully saturated rings. The van der Waals surface area contributed by atoms with Crippen LogP contribution < -0.4 is 0 Å². The van der Waals surface area contributed by atoms with E-state index in [1.807, 2.05) is 0 Å². The van der Waals surface area contributed by atoms with E-state index in [0.29, 0.717) is 11.3 Å². The summed E-state index contributed by atoms with van der Waals surface area (Å²) in [5.41, 5.74) is 5.41. The Morgan fingerprint density at radius 2 is 1.43 bits per heavy atom. The van der Waals surface area contributed by atoms with Crippen LogP contribution in [0.1, 0.15) is 74.8 Å². The Balaban J connectivity index is 2.09. The second kappa shape index (κ2) is 6.12. The number of hydrogen-bond donors (Lipinski definition) is 1. The molecule has 0 saturated heterocycles. The van der Waals surface area contributed by atoms with E-state index in [0.717, 1.165) is 24.3 Å². The predicted molar refractivity (Wildman–Crippen MR) is 90.5 cm³/mol. The van der Waals surface area contributed by atoms with Gasteiger partial charge >= 0.3 is 0 Å². The summed E-state index contributed by atoms with van der Waals surface area (Å²) in [6.07, 6.45) is 4.56. The first-order valence-corrected chi connectivity index (χ1v) is 8.46. The summed E-state index contributed by atoms with van der Waals surface area (Å²) < 4.78 is 0. The van der Waals surface area contributed by atoms with Gasteiger partial charge in [0.05, 0.1) is 6.10 Å². The number of aliphatic hydroxyl groups excluding tert-OH is 1. The Hall–Kier alpha value is -0.820. The third-order valence-electron chi connectivity index (χ3n) is 5.64. The summed E-state index contributed by atoms with van der Waals surface area (Å²) in [7, 11) is 0. The Kier molecular flexibility index (Phi) is 4.82. The van der Waals surface area contributed by atoms with Crippen LogP contribution in [0.2, 0.25) is 0 Å². The fourth-order valence-corrected chi connectivity index (χ4v) is 3.86. The van der Waals surface area contributed by atoms with Gasteiger partial charge in [0, 0.05) is 0 Å². The minimum atomic E-state index is -0.287.